The maximum absolute atomic E-state index is 12.4. The Labute approximate surface area is 119 Å². The number of carbonyl (C=O) groups excluding carboxylic acids is 1. The zero-order valence-corrected chi connectivity index (χ0v) is 11.6. The molecule has 0 atom stereocenters. The van der Waals surface area contributed by atoms with Crippen LogP contribution in [0.3, 0.4) is 0 Å². The zero-order chi connectivity index (χ0) is 14.0. The second-order valence-electron chi connectivity index (χ2n) is 5.77. The van der Waals surface area contributed by atoms with E-state index in [4.69, 9.17) is 5.73 Å². The maximum atomic E-state index is 12.4. The van der Waals surface area contributed by atoms with Crippen molar-refractivity contribution >= 4 is 16.7 Å². The van der Waals surface area contributed by atoms with Gasteiger partial charge in [-0.2, -0.15) is 0 Å². The molecule has 0 saturated heterocycles. The third-order valence-electron chi connectivity index (χ3n) is 4.51. The number of hydrogen-bond acceptors (Lipinski definition) is 2. The molecule has 3 heteroatoms. The summed E-state index contributed by atoms with van der Waals surface area (Å²) in [5, 5.41) is 5.16. The monoisotopic (exact) mass is 268 g/mol. The lowest BCUT2D eigenvalue weighted by Crippen LogP contribution is -2.46. The highest BCUT2D eigenvalue weighted by Gasteiger charge is 2.35. The first-order valence-electron chi connectivity index (χ1n) is 7.20. The fourth-order valence-electron chi connectivity index (χ4n) is 2.92. The molecule has 3 rings (SSSR count). The van der Waals surface area contributed by atoms with Gasteiger partial charge in [0.25, 0.3) is 5.91 Å². The van der Waals surface area contributed by atoms with Crippen LogP contribution in [-0.2, 0) is 0 Å². The third kappa shape index (κ3) is 2.29. The molecular weight excluding hydrogens is 248 g/mol. The molecule has 0 unspecified atom stereocenters. The Morgan fingerprint density at radius 2 is 1.90 bits per heavy atom. The molecule has 1 saturated carbocycles. The van der Waals surface area contributed by atoms with Crippen molar-refractivity contribution in [3.63, 3.8) is 0 Å². The number of rotatable bonds is 4. The van der Waals surface area contributed by atoms with Crippen LogP contribution < -0.4 is 11.1 Å². The van der Waals surface area contributed by atoms with Crippen molar-refractivity contribution in [1.82, 2.24) is 5.32 Å². The Kier molecular flexibility index (Phi) is 3.45. The smallest absolute Gasteiger partial charge is 0.251 e. The summed E-state index contributed by atoms with van der Waals surface area (Å²) in [7, 11) is 0. The van der Waals surface area contributed by atoms with Crippen molar-refractivity contribution in [2.45, 2.75) is 19.3 Å². The van der Waals surface area contributed by atoms with Crippen molar-refractivity contribution in [2.75, 3.05) is 13.1 Å². The van der Waals surface area contributed by atoms with Crippen LogP contribution in [0.1, 0.15) is 29.6 Å². The molecule has 1 aliphatic carbocycles. The summed E-state index contributed by atoms with van der Waals surface area (Å²) in [5.74, 6) is 0.00141. The van der Waals surface area contributed by atoms with Crippen LogP contribution in [0.15, 0.2) is 42.5 Å². The van der Waals surface area contributed by atoms with Crippen LogP contribution in [0.4, 0.5) is 0 Å². The molecule has 0 aliphatic heterocycles. The van der Waals surface area contributed by atoms with Crippen LogP contribution in [0.2, 0.25) is 0 Å². The van der Waals surface area contributed by atoms with Gasteiger partial charge in [0.05, 0.1) is 0 Å². The molecule has 1 amide bonds. The van der Waals surface area contributed by atoms with Gasteiger partial charge < -0.3 is 11.1 Å². The average molecular weight is 268 g/mol. The molecular formula is C17H20N2O. The largest absolute Gasteiger partial charge is 0.351 e. The van der Waals surface area contributed by atoms with Gasteiger partial charge in [0.15, 0.2) is 0 Å². The Morgan fingerprint density at radius 3 is 2.60 bits per heavy atom. The first-order valence-corrected chi connectivity index (χ1v) is 7.20. The highest BCUT2D eigenvalue weighted by Crippen LogP contribution is 2.39. The number of carbonyl (C=O) groups is 1. The van der Waals surface area contributed by atoms with E-state index in [9.17, 15) is 4.79 Å². The van der Waals surface area contributed by atoms with Gasteiger partial charge in [0, 0.05) is 12.1 Å². The Balaban J connectivity index is 1.79. The zero-order valence-electron chi connectivity index (χ0n) is 11.6. The summed E-state index contributed by atoms with van der Waals surface area (Å²) in [6.07, 6.45) is 3.47. The highest BCUT2D eigenvalue weighted by atomic mass is 16.1. The van der Waals surface area contributed by atoms with Gasteiger partial charge in [-0.3, -0.25) is 4.79 Å². The predicted octanol–water partition coefficient (Wildman–Crippen LogP) is 2.70. The van der Waals surface area contributed by atoms with Crippen LogP contribution >= 0.6 is 0 Å². The van der Waals surface area contributed by atoms with Gasteiger partial charge in [0.2, 0.25) is 0 Å². The standard InChI is InChI=1S/C17H20N2O/c18-11-17(9-4-10-17)12-19-16(20)15-8-3-6-13-5-1-2-7-14(13)15/h1-3,5-8H,4,9-12,18H2,(H,19,20). The third-order valence-corrected chi connectivity index (χ3v) is 4.51. The molecule has 0 radical (unpaired) electrons. The molecule has 1 aliphatic rings. The second-order valence-corrected chi connectivity index (χ2v) is 5.77. The quantitative estimate of drug-likeness (QED) is 0.895. The lowest BCUT2D eigenvalue weighted by atomic mass is 9.69. The number of nitrogens with one attached hydrogen (secondary N) is 1. The summed E-state index contributed by atoms with van der Waals surface area (Å²) in [5.41, 5.74) is 6.72. The Morgan fingerprint density at radius 1 is 1.15 bits per heavy atom. The summed E-state index contributed by atoms with van der Waals surface area (Å²) in [6.45, 7) is 1.34. The van der Waals surface area contributed by atoms with Crippen molar-refractivity contribution in [3.05, 3.63) is 48.0 Å². The van der Waals surface area contributed by atoms with E-state index in [1.165, 1.54) is 6.42 Å². The molecule has 0 bridgehead atoms. The van der Waals surface area contributed by atoms with E-state index in [2.05, 4.69) is 5.32 Å². The fraction of sp³-hybridized carbons (Fsp3) is 0.353. The SMILES string of the molecule is NCC1(CNC(=O)c2cccc3ccccc23)CCC1. The minimum absolute atomic E-state index is 0.00141. The van der Waals surface area contributed by atoms with E-state index in [0.717, 1.165) is 29.2 Å². The summed E-state index contributed by atoms with van der Waals surface area (Å²) < 4.78 is 0. The number of fused-ring (bicyclic) bond motifs is 1. The van der Waals surface area contributed by atoms with Gasteiger partial charge >= 0.3 is 0 Å². The van der Waals surface area contributed by atoms with Crippen molar-refractivity contribution in [3.8, 4) is 0 Å². The molecule has 104 valence electrons. The lowest BCUT2D eigenvalue weighted by molar-refractivity contribution is 0.0878. The highest BCUT2D eigenvalue weighted by molar-refractivity contribution is 6.07. The van der Waals surface area contributed by atoms with Gasteiger partial charge in [0.1, 0.15) is 0 Å². The Bertz CT molecular complexity index is 621. The minimum atomic E-state index is 0.00141. The van der Waals surface area contributed by atoms with Crippen LogP contribution in [-0.4, -0.2) is 19.0 Å². The van der Waals surface area contributed by atoms with E-state index >= 15 is 0 Å². The van der Waals surface area contributed by atoms with Gasteiger partial charge in [-0.25, -0.2) is 0 Å². The molecule has 3 nitrogen and oxygen atoms in total. The fourth-order valence-corrected chi connectivity index (χ4v) is 2.92. The molecule has 1 fully saturated rings. The minimum Gasteiger partial charge on any atom is -0.351 e. The lowest BCUT2D eigenvalue weighted by Gasteiger charge is -2.41. The number of hydrogen-bond donors (Lipinski definition) is 2. The van der Waals surface area contributed by atoms with Crippen LogP contribution in [0.25, 0.3) is 10.8 Å². The molecule has 0 aromatic heterocycles. The molecule has 0 spiro atoms. The second kappa shape index (κ2) is 5.25. The van der Waals surface area contributed by atoms with E-state index in [1.807, 2.05) is 42.5 Å². The van der Waals surface area contributed by atoms with Gasteiger partial charge in [-0.05, 0) is 41.6 Å². The Hall–Kier alpha value is -1.87. The van der Waals surface area contributed by atoms with Crippen LogP contribution in [0, 0.1) is 5.41 Å². The number of benzene rings is 2. The van der Waals surface area contributed by atoms with E-state index in [1.54, 1.807) is 0 Å². The molecule has 0 heterocycles. The van der Waals surface area contributed by atoms with Crippen molar-refractivity contribution in [1.29, 1.82) is 0 Å². The number of amides is 1. The topological polar surface area (TPSA) is 55.1 Å². The molecule has 3 N–H and O–H groups in total. The first-order chi connectivity index (χ1) is 9.74. The average Bonchev–Trinajstić information content (AvgIpc) is 2.46. The predicted molar refractivity (Wildman–Crippen MR) is 81.6 cm³/mol. The summed E-state index contributed by atoms with van der Waals surface area (Å²) in [6, 6.07) is 13.8. The van der Waals surface area contributed by atoms with E-state index in [0.29, 0.717) is 13.1 Å². The molecule has 2 aromatic carbocycles. The van der Waals surface area contributed by atoms with Gasteiger partial charge in [-0.15, -0.1) is 0 Å². The first kappa shape index (κ1) is 13.1. The van der Waals surface area contributed by atoms with Crippen molar-refractivity contribution in [2.24, 2.45) is 11.1 Å². The van der Waals surface area contributed by atoms with Crippen LogP contribution in [0.5, 0.6) is 0 Å². The van der Waals surface area contributed by atoms with E-state index in [-0.39, 0.29) is 11.3 Å². The number of nitrogens with two attached hydrogens (primary N) is 1. The molecule has 2 aromatic rings. The molecule has 20 heavy (non-hydrogen) atoms. The van der Waals surface area contributed by atoms with Crippen molar-refractivity contribution < 1.29 is 4.79 Å². The summed E-state index contributed by atoms with van der Waals surface area (Å²) >= 11 is 0. The maximum Gasteiger partial charge on any atom is 0.251 e. The van der Waals surface area contributed by atoms with Gasteiger partial charge in [-0.1, -0.05) is 42.8 Å². The van der Waals surface area contributed by atoms with E-state index < -0.39 is 0 Å². The summed E-state index contributed by atoms with van der Waals surface area (Å²) in [4.78, 5) is 12.4. The normalized spacial score (nSPS) is 16.6.